The number of hydrogen-bond donors (Lipinski definition) is 2. The molecule has 0 unspecified atom stereocenters. The number of rotatable bonds is 11. The maximum absolute atomic E-state index is 5.41. The molecule has 0 aliphatic rings. The van der Waals surface area contributed by atoms with Crippen molar-refractivity contribution in [2.45, 2.75) is 26.4 Å². The summed E-state index contributed by atoms with van der Waals surface area (Å²) in [5.41, 5.74) is 2.27. The van der Waals surface area contributed by atoms with E-state index < -0.39 is 0 Å². The monoisotopic (exact) mass is 527 g/mol. The summed E-state index contributed by atoms with van der Waals surface area (Å²) in [7, 11) is 5.64. The number of guanidine groups is 1. The van der Waals surface area contributed by atoms with Crippen LogP contribution in [0.5, 0.6) is 5.75 Å². The Morgan fingerprint density at radius 2 is 1.87 bits per heavy atom. The molecular formula is C22H34IN5O2. The van der Waals surface area contributed by atoms with E-state index in [2.05, 4.69) is 21.7 Å². The van der Waals surface area contributed by atoms with Crippen LogP contribution in [0.1, 0.15) is 24.5 Å². The maximum Gasteiger partial charge on any atom is 0.191 e. The molecule has 2 N–H and O–H groups in total. The second-order valence-electron chi connectivity index (χ2n) is 6.76. The molecule has 0 aliphatic heterocycles. The van der Waals surface area contributed by atoms with Crippen molar-refractivity contribution >= 4 is 35.8 Å². The van der Waals surface area contributed by atoms with E-state index in [9.17, 15) is 0 Å². The number of methoxy groups -OCH3 is 1. The minimum Gasteiger partial charge on any atom is -0.497 e. The molecule has 30 heavy (non-hydrogen) atoms. The second kappa shape index (κ2) is 14.8. The predicted molar refractivity (Wildman–Crippen MR) is 134 cm³/mol. The van der Waals surface area contributed by atoms with E-state index in [-0.39, 0.29) is 24.0 Å². The SMILES string of the molecule is CCOCCCNC(=NCc1ccnc(N(C)C)c1)NCc1ccc(OC)cc1.I. The molecule has 7 nitrogen and oxygen atoms in total. The Hall–Kier alpha value is -2.07. The molecule has 0 radical (unpaired) electrons. The number of benzene rings is 1. The molecule has 1 aromatic carbocycles. The van der Waals surface area contributed by atoms with Gasteiger partial charge < -0.3 is 25.0 Å². The number of nitrogens with one attached hydrogen (secondary N) is 2. The third-order valence-electron chi connectivity index (χ3n) is 4.27. The topological polar surface area (TPSA) is 71.0 Å². The van der Waals surface area contributed by atoms with Crippen LogP contribution in [0, 0.1) is 0 Å². The Kier molecular flexibility index (Phi) is 12.8. The lowest BCUT2D eigenvalue weighted by Gasteiger charge is -2.14. The molecule has 1 heterocycles. The summed E-state index contributed by atoms with van der Waals surface area (Å²) in [5, 5.41) is 6.79. The van der Waals surface area contributed by atoms with Crippen molar-refractivity contribution in [2.24, 2.45) is 4.99 Å². The van der Waals surface area contributed by atoms with E-state index in [0.717, 1.165) is 54.8 Å². The summed E-state index contributed by atoms with van der Waals surface area (Å²) in [5.74, 6) is 2.56. The Balaban J connectivity index is 0.00000450. The van der Waals surface area contributed by atoms with E-state index in [1.54, 1.807) is 7.11 Å². The molecule has 8 heteroatoms. The zero-order chi connectivity index (χ0) is 20.9. The first kappa shape index (κ1) is 26.0. The van der Waals surface area contributed by atoms with E-state index in [1.807, 2.05) is 62.4 Å². The predicted octanol–water partition coefficient (Wildman–Crippen LogP) is 3.44. The van der Waals surface area contributed by atoms with Crippen molar-refractivity contribution in [2.75, 3.05) is 45.9 Å². The highest BCUT2D eigenvalue weighted by Gasteiger charge is 2.03. The van der Waals surface area contributed by atoms with Gasteiger partial charge >= 0.3 is 0 Å². The van der Waals surface area contributed by atoms with Gasteiger partial charge in [-0.15, -0.1) is 24.0 Å². The highest BCUT2D eigenvalue weighted by atomic mass is 127. The fourth-order valence-corrected chi connectivity index (χ4v) is 2.60. The number of halogens is 1. The number of nitrogens with zero attached hydrogens (tertiary/aromatic N) is 3. The van der Waals surface area contributed by atoms with Gasteiger partial charge in [0.25, 0.3) is 0 Å². The van der Waals surface area contributed by atoms with Crippen LogP contribution in [-0.2, 0) is 17.8 Å². The van der Waals surface area contributed by atoms with Crippen LogP contribution in [0.15, 0.2) is 47.6 Å². The van der Waals surface area contributed by atoms with E-state index in [4.69, 9.17) is 14.5 Å². The van der Waals surface area contributed by atoms with Crippen LogP contribution in [0.25, 0.3) is 0 Å². The maximum atomic E-state index is 5.41. The van der Waals surface area contributed by atoms with Gasteiger partial charge in [0, 0.05) is 46.6 Å². The molecule has 2 rings (SSSR count). The van der Waals surface area contributed by atoms with Gasteiger partial charge in [-0.2, -0.15) is 0 Å². The van der Waals surface area contributed by atoms with Gasteiger partial charge in [0.1, 0.15) is 11.6 Å². The number of aliphatic imine (C=N–C) groups is 1. The van der Waals surface area contributed by atoms with Crippen molar-refractivity contribution in [1.29, 1.82) is 0 Å². The molecule has 1 aromatic heterocycles. The standard InChI is InChI=1S/C22H33N5O2.HI/c1-5-29-14-6-12-24-22(25-16-18-7-9-20(28-4)10-8-18)26-17-19-11-13-23-21(15-19)27(2)3;/h7-11,13,15H,5-6,12,14,16-17H2,1-4H3,(H2,24,25,26);1H. The Morgan fingerprint density at radius 3 is 2.53 bits per heavy atom. The Bertz CT molecular complexity index is 753. The molecule has 0 atom stereocenters. The third-order valence-corrected chi connectivity index (χ3v) is 4.27. The first-order chi connectivity index (χ1) is 14.1. The molecule has 0 amide bonds. The fraction of sp³-hybridized carbons (Fsp3) is 0.455. The lowest BCUT2D eigenvalue weighted by Crippen LogP contribution is -2.37. The van der Waals surface area contributed by atoms with E-state index in [0.29, 0.717) is 13.1 Å². The van der Waals surface area contributed by atoms with Gasteiger partial charge in [0.2, 0.25) is 0 Å². The van der Waals surface area contributed by atoms with Crippen molar-refractivity contribution in [1.82, 2.24) is 15.6 Å². The summed E-state index contributed by atoms with van der Waals surface area (Å²) in [6, 6.07) is 12.1. The number of ether oxygens (including phenoxy) is 2. The summed E-state index contributed by atoms with van der Waals surface area (Å²) < 4.78 is 10.6. The highest BCUT2D eigenvalue weighted by Crippen LogP contribution is 2.12. The third kappa shape index (κ3) is 9.62. The molecule has 0 spiro atoms. The first-order valence-corrected chi connectivity index (χ1v) is 9.97. The second-order valence-corrected chi connectivity index (χ2v) is 6.76. The van der Waals surface area contributed by atoms with Gasteiger partial charge in [-0.3, -0.25) is 0 Å². The minimum atomic E-state index is 0. The van der Waals surface area contributed by atoms with Crippen molar-refractivity contribution < 1.29 is 9.47 Å². The van der Waals surface area contributed by atoms with Gasteiger partial charge in [-0.1, -0.05) is 12.1 Å². The van der Waals surface area contributed by atoms with E-state index in [1.165, 1.54) is 0 Å². The van der Waals surface area contributed by atoms with Gasteiger partial charge in [-0.25, -0.2) is 9.98 Å². The molecule has 2 aromatic rings. The van der Waals surface area contributed by atoms with Crippen LogP contribution in [0.4, 0.5) is 5.82 Å². The van der Waals surface area contributed by atoms with Crippen LogP contribution in [0.3, 0.4) is 0 Å². The van der Waals surface area contributed by atoms with Gasteiger partial charge in [-0.05, 0) is 48.7 Å². The number of aromatic nitrogens is 1. The average molecular weight is 527 g/mol. The van der Waals surface area contributed by atoms with Crippen LogP contribution >= 0.6 is 24.0 Å². The van der Waals surface area contributed by atoms with Crippen LogP contribution < -0.4 is 20.3 Å². The average Bonchev–Trinajstić information content (AvgIpc) is 2.75. The molecule has 166 valence electrons. The molecule has 0 aliphatic carbocycles. The number of anilines is 1. The highest BCUT2D eigenvalue weighted by molar-refractivity contribution is 14.0. The lowest BCUT2D eigenvalue weighted by atomic mass is 10.2. The zero-order valence-electron chi connectivity index (χ0n) is 18.4. The fourth-order valence-electron chi connectivity index (χ4n) is 2.60. The molecule has 0 bridgehead atoms. The van der Waals surface area contributed by atoms with Crippen LogP contribution in [-0.4, -0.2) is 51.9 Å². The zero-order valence-corrected chi connectivity index (χ0v) is 20.7. The van der Waals surface area contributed by atoms with Crippen LogP contribution in [0.2, 0.25) is 0 Å². The largest absolute Gasteiger partial charge is 0.497 e. The molecule has 0 saturated carbocycles. The summed E-state index contributed by atoms with van der Waals surface area (Å²) >= 11 is 0. The van der Waals surface area contributed by atoms with Crippen molar-refractivity contribution in [3.8, 4) is 5.75 Å². The van der Waals surface area contributed by atoms with Gasteiger partial charge in [0.15, 0.2) is 5.96 Å². The quantitative estimate of drug-likeness (QED) is 0.202. The first-order valence-electron chi connectivity index (χ1n) is 9.97. The Labute approximate surface area is 197 Å². The molecule has 0 fully saturated rings. The lowest BCUT2D eigenvalue weighted by molar-refractivity contribution is 0.145. The molecule has 0 saturated heterocycles. The molecular weight excluding hydrogens is 493 g/mol. The smallest absolute Gasteiger partial charge is 0.191 e. The van der Waals surface area contributed by atoms with E-state index >= 15 is 0 Å². The normalized spacial score (nSPS) is 10.9. The summed E-state index contributed by atoms with van der Waals surface area (Å²) in [4.78, 5) is 11.1. The minimum absolute atomic E-state index is 0. The van der Waals surface area contributed by atoms with Crippen molar-refractivity contribution in [3.63, 3.8) is 0 Å². The summed E-state index contributed by atoms with van der Waals surface area (Å²) in [6.45, 7) is 5.55. The Morgan fingerprint density at radius 1 is 1.10 bits per heavy atom. The number of pyridine rings is 1. The van der Waals surface area contributed by atoms with Gasteiger partial charge in [0.05, 0.1) is 13.7 Å². The number of hydrogen-bond acceptors (Lipinski definition) is 5. The van der Waals surface area contributed by atoms with Crippen molar-refractivity contribution in [3.05, 3.63) is 53.7 Å². The summed E-state index contributed by atoms with van der Waals surface area (Å²) in [6.07, 6.45) is 2.75.